The molecule has 1 atom stereocenters. The first-order valence-corrected chi connectivity index (χ1v) is 8.18. The molecule has 23 heavy (non-hydrogen) atoms. The van der Waals surface area contributed by atoms with E-state index in [4.69, 9.17) is 14.7 Å². The summed E-state index contributed by atoms with van der Waals surface area (Å²) >= 11 is 0. The fraction of sp³-hybridized carbons (Fsp3) is 0.824. The first-order valence-electron chi connectivity index (χ1n) is 8.18. The summed E-state index contributed by atoms with van der Waals surface area (Å²) in [5.41, 5.74) is -0.668. The number of carbonyl (C=O) groups excluding carboxylic acids is 2. The minimum absolute atomic E-state index is 0.162. The van der Waals surface area contributed by atoms with Crippen molar-refractivity contribution in [2.75, 3.05) is 13.1 Å². The van der Waals surface area contributed by atoms with Gasteiger partial charge in [0.2, 0.25) is 0 Å². The van der Waals surface area contributed by atoms with Crippen LogP contribution < -0.4 is 0 Å². The monoisotopic (exact) mass is 324 g/mol. The maximum atomic E-state index is 12.1. The lowest BCUT2D eigenvalue weighted by molar-refractivity contribution is -0.149. The molecule has 0 spiro atoms. The van der Waals surface area contributed by atoms with E-state index in [-0.39, 0.29) is 23.9 Å². The minimum Gasteiger partial charge on any atom is -0.447 e. The summed E-state index contributed by atoms with van der Waals surface area (Å²) in [6, 6.07) is 1.89. The van der Waals surface area contributed by atoms with Crippen LogP contribution in [0.15, 0.2) is 0 Å². The standard InChI is InChI=1S/C17H28N2O4/c1-6-17(11-14(20)22-13(2)12-18)7-9-19(10-8-17)15(21)23-16(3,4)5/h13H,6-11H2,1-5H3. The number of carbonyl (C=O) groups is 2. The zero-order valence-corrected chi connectivity index (χ0v) is 14.8. The van der Waals surface area contributed by atoms with Gasteiger partial charge in [-0.25, -0.2) is 4.79 Å². The summed E-state index contributed by atoms with van der Waals surface area (Å²) < 4.78 is 10.5. The van der Waals surface area contributed by atoms with Crippen LogP contribution in [0.25, 0.3) is 0 Å². The Kier molecular flexibility index (Phi) is 6.43. The number of amides is 1. The van der Waals surface area contributed by atoms with Crippen LogP contribution in [0.1, 0.15) is 60.3 Å². The highest BCUT2D eigenvalue weighted by molar-refractivity contribution is 5.71. The number of hydrogen-bond acceptors (Lipinski definition) is 5. The van der Waals surface area contributed by atoms with Crippen molar-refractivity contribution in [1.82, 2.24) is 4.90 Å². The van der Waals surface area contributed by atoms with Gasteiger partial charge in [-0.05, 0) is 52.4 Å². The van der Waals surface area contributed by atoms with E-state index in [9.17, 15) is 9.59 Å². The average Bonchev–Trinajstić information content (AvgIpc) is 2.45. The van der Waals surface area contributed by atoms with Crippen molar-refractivity contribution in [2.24, 2.45) is 5.41 Å². The Balaban J connectivity index is 2.58. The van der Waals surface area contributed by atoms with Crippen molar-refractivity contribution < 1.29 is 19.1 Å². The Hall–Kier alpha value is -1.77. The van der Waals surface area contributed by atoms with E-state index >= 15 is 0 Å². The smallest absolute Gasteiger partial charge is 0.410 e. The number of nitrogens with zero attached hydrogens (tertiary/aromatic N) is 2. The molecule has 1 fully saturated rings. The molecule has 0 aromatic rings. The molecule has 1 amide bonds. The van der Waals surface area contributed by atoms with Crippen LogP contribution >= 0.6 is 0 Å². The number of piperidine rings is 1. The van der Waals surface area contributed by atoms with E-state index in [0.717, 1.165) is 19.3 Å². The molecule has 0 aromatic heterocycles. The summed E-state index contributed by atoms with van der Waals surface area (Å²) in [4.78, 5) is 25.8. The van der Waals surface area contributed by atoms with Crippen molar-refractivity contribution in [3.8, 4) is 6.07 Å². The second-order valence-corrected chi connectivity index (χ2v) is 7.26. The summed E-state index contributed by atoms with van der Waals surface area (Å²) in [7, 11) is 0. The normalized spacial score (nSPS) is 18.7. The lowest BCUT2D eigenvalue weighted by Crippen LogP contribution is -2.45. The fourth-order valence-electron chi connectivity index (χ4n) is 2.72. The van der Waals surface area contributed by atoms with Gasteiger partial charge in [0.15, 0.2) is 6.10 Å². The molecule has 0 bridgehead atoms. The number of likely N-dealkylation sites (tertiary alicyclic amines) is 1. The predicted octanol–water partition coefficient (Wildman–Crippen LogP) is 3.26. The van der Waals surface area contributed by atoms with E-state index in [1.807, 2.05) is 33.8 Å². The predicted molar refractivity (Wildman–Crippen MR) is 85.5 cm³/mol. The van der Waals surface area contributed by atoms with E-state index in [0.29, 0.717) is 13.1 Å². The van der Waals surface area contributed by atoms with Crippen LogP contribution in [0.3, 0.4) is 0 Å². The minimum atomic E-state index is -0.724. The van der Waals surface area contributed by atoms with Crippen molar-refractivity contribution in [3.05, 3.63) is 0 Å². The molecule has 130 valence electrons. The lowest BCUT2D eigenvalue weighted by Gasteiger charge is -2.41. The maximum absolute atomic E-state index is 12.1. The molecule has 1 saturated heterocycles. The molecule has 0 aromatic carbocycles. The summed E-state index contributed by atoms with van der Waals surface area (Å²) in [6.07, 6.45) is 1.57. The zero-order chi connectivity index (χ0) is 17.7. The number of rotatable bonds is 4. The largest absolute Gasteiger partial charge is 0.447 e. The van der Waals surface area contributed by atoms with Gasteiger partial charge in [0.05, 0.1) is 6.42 Å². The molecule has 1 aliphatic rings. The Labute approximate surface area is 138 Å². The van der Waals surface area contributed by atoms with Crippen LogP contribution in [0.5, 0.6) is 0 Å². The Morgan fingerprint density at radius 3 is 2.30 bits per heavy atom. The highest BCUT2D eigenvalue weighted by Gasteiger charge is 2.38. The summed E-state index contributed by atoms with van der Waals surface area (Å²) in [6.45, 7) is 10.3. The Morgan fingerprint density at radius 1 is 1.30 bits per heavy atom. The van der Waals surface area contributed by atoms with Gasteiger partial charge in [0, 0.05) is 13.1 Å². The first kappa shape index (κ1) is 19.3. The van der Waals surface area contributed by atoms with Gasteiger partial charge in [0.1, 0.15) is 11.7 Å². The van der Waals surface area contributed by atoms with Gasteiger partial charge in [-0.1, -0.05) is 6.92 Å². The lowest BCUT2D eigenvalue weighted by atomic mass is 9.73. The van der Waals surface area contributed by atoms with E-state index < -0.39 is 11.7 Å². The molecule has 1 aliphatic heterocycles. The van der Waals surface area contributed by atoms with Crippen LogP contribution in [-0.2, 0) is 14.3 Å². The second-order valence-electron chi connectivity index (χ2n) is 7.26. The molecular weight excluding hydrogens is 296 g/mol. The Bertz CT molecular complexity index is 468. The molecule has 1 rings (SSSR count). The van der Waals surface area contributed by atoms with Gasteiger partial charge < -0.3 is 14.4 Å². The van der Waals surface area contributed by atoms with Crippen molar-refractivity contribution in [1.29, 1.82) is 5.26 Å². The quantitative estimate of drug-likeness (QED) is 0.742. The molecule has 0 saturated carbocycles. The summed E-state index contributed by atoms with van der Waals surface area (Å²) in [5.74, 6) is -0.341. The second kappa shape index (κ2) is 7.67. The van der Waals surface area contributed by atoms with Crippen LogP contribution in [-0.4, -0.2) is 41.8 Å². The van der Waals surface area contributed by atoms with E-state index in [1.54, 1.807) is 11.8 Å². The molecule has 1 unspecified atom stereocenters. The van der Waals surface area contributed by atoms with E-state index in [1.165, 1.54) is 0 Å². The van der Waals surface area contributed by atoms with Crippen LogP contribution in [0.4, 0.5) is 4.79 Å². The van der Waals surface area contributed by atoms with Gasteiger partial charge in [-0.2, -0.15) is 5.26 Å². The van der Waals surface area contributed by atoms with Crippen molar-refractivity contribution in [2.45, 2.75) is 72.0 Å². The molecule has 0 N–H and O–H groups in total. The maximum Gasteiger partial charge on any atom is 0.410 e. The third-order valence-electron chi connectivity index (χ3n) is 4.24. The summed E-state index contributed by atoms with van der Waals surface area (Å²) in [5, 5.41) is 8.71. The van der Waals surface area contributed by atoms with Gasteiger partial charge in [0.25, 0.3) is 0 Å². The number of nitriles is 1. The van der Waals surface area contributed by atoms with Crippen molar-refractivity contribution in [3.63, 3.8) is 0 Å². The SMILES string of the molecule is CCC1(CC(=O)OC(C)C#N)CCN(C(=O)OC(C)(C)C)CC1. The average molecular weight is 324 g/mol. The fourth-order valence-corrected chi connectivity index (χ4v) is 2.72. The first-order chi connectivity index (χ1) is 10.6. The zero-order valence-electron chi connectivity index (χ0n) is 14.8. The highest BCUT2D eigenvalue weighted by Crippen LogP contribution is 2.39. The molecule has 6 heteroatoms. The third kappa shape index (κ3) is 6.09. The van der Waals surface area contributed by atoms with Gasteiger partial charge in [-0.3, -0.25) is 4.79 Å². The molecule has 6 nitrogen and oxygen atoms in total. The van der Waals surface area contributed by atoms with Gasteiger partial charge >= 0.3 is 12.1 Å². The molecule has 1 heterocycles. The number of ether oxygens (including phenoxy) is 2. The van der Waals surface area contributed by atoms with Crippen molar-refractivity contribution >= 4 is 12.1 Å². The number of esters is 1. The van der Waals surface area contributed by atoms with E-state index in [2.05, 4.69) is 0 Å². The molecular formula is C17H28N2O4. The third-order valence-corrected chi connectivity index (χ3v) is 4.24. The van der Waals surface area contributed by atoms with Gasteiger partial charge in [-0.15, -0.1) is 0 Å². The molecule has 0 aliphatic carbocycles. The molecule has 0 radical (unpaired) electrons. The topological polar surface area (TPSA) is 79.6 Å². The van der Waals surface area contributed by atoms with Crippen LogP contribution in [0.2, 0.25) is 0 Å². The van der Waals surface area contributed by atoms with Crippen LogP contribution in [0, 0.1) is 16.7 Å². The highest BCUT2D eigenvalue weighted by atomic mass is 16.6. The number of hydrogen-bond donors (Lipinski definition) is 0. The Morgan fingerprint density at radius 2 is 1.87 bits per heavy atom.